The third-order valence-electron chi connectivity index (χ3n) is 5.00. The fraction of sp³-hybridized carbons (Fsp3) is 0.400. The molecule has 1 aromatic carbocycles. The molecule has 1 N–H and O–H groups in total. The van der Waals surface area contributed by atoms with Crippen molar-refractivity contribution in [3.05, 3.63) is 53.7 Å². The number of hydrogen-bond donors (Lipinski definition) is 1. The monoisotopic (exact) mass is 369 g/mol. The van der Waals surface area contributed by atoms with Gasteiger partial charge in [0.2, 0.25) is 5.91 Å². The summed E-state index contributed by atoms with van der Waals surface area (Å²) in [6.45, 7) is 3.86. The first-order valence-electron chi connectivity index (χ1n) is 9.17. The van der Waals surface area contributed by atoms with E-state index in [2.05, 4.69) is 34.1 Å². The molecule has 2 aromatic rings. The van der Waals surface area contributed by atoms with Crippen molar-refractivity contribution in [3.63, 3.8) is 0 Å². The normalized spacial score (nSPS) is 19.7. The van der Waals surface area contributed by atoms with E-state index >= 15 is 0 Å². The molecule has 0 saturated carbocycles. The van der Waals surface area contributed by atoms with E-state index in [1.165, 1.54) is 5.56 Å². The molecule has 2 aliphatic heterocycles. The molecule has 0 radical (unpaired) electrons. The van der Waals surface area contributed by atoms with E-state index in [1.54, 1.807) is 11.1 Å². The lowest BCUT2D eigenvalue weighted by Gasteiger charge is -2.34. The average Bonchev–Trinajstić information content (AvgIpc) is 2.74. The number of aromatic nitrogens is 1. The predicted octanol–water partition coefficient (Wildman–Crippen LogP) is 1.23. The smallest absolute Gasteiger partial charge is 0.257 e. The highest BCUT2D eigenvalue weighted by Gasteiger charge is 2.24. The van der Waals surface area contributed by atoms with E-state index in [9.17, 15) is 4.79 Å². The predicted molar refractivity (Wildman–Crippen MR) is 98.5 cm³/mol. The fourth-order valence-corrected chi connectivity index (χ4v) is 3.42. The Labute approximate surface area is 158 Å². The number of hydrogen-bond acceptors (Lipinski definition) is 6. The van der Waals surface area contributed by atoms with E-state index in [-0.39, 0.29) is 12.0 Å². The van der Waals surface area contributed by atoms with Crippen LogP contribution in [0.5, 0.6) is 11.6 Å². The van der Waals surface area contributed by atoms with E-state index in [4.69, 9.17) is 14.6 Å². The highest BCUT2D eigenvalue weighted by Crippen LogP contribution is 2.33. The van der Waals surface area contributed by atoms with E-state index < -0.39 is 6.61 Å². The number of carbonyl (C=O) groups is 1. The molecule has 27 heavy (non-hydrogen) atoms. The summed E-state index contributed by atoms with van der Waals surface area (Å²) in [7, 11) is 0. The van der Waals surface area contributed by atoms with Gasteiger partial charge in [-0.3, -0.25) is 9.69 Å². The Morgan fingerprint density at radius 3 is 2.67 bits per heavy atom. The Balaban J connectivity index is 1.33. The van der Waals surface area contributed by atoms with Gasteiger partial charge in [0.15, 0.2) is 11.9 Å². The number of aliphatic hydroxyl groups excluding tert-OH is 1. The SMILES string of the molecule is O=C(CO)N1CCN(Cc2ccc([C@H]3COc4cccnc4O3)cc2)CC1. The minimum Gasteiger partial charge on any atom is -0.484 e. The van der Waals surface area contributed by atoms with Crippen molar-refractivity contribution in [3.8, 4) is 11.6 Å². The summed E-state index contributed by atoms with van der Waals surface area (Å²) < 4.78 is 11.7. The van der Waals surface area contributed by atoms with Gasteiger partial charge in [-0.1, -0.05) is 24.3 Å². The summed E-state index contributed by atoms with van der Waals surface area (Å²) in [5.74, 6) is 1.03. The lowest BCUT2D eigenvalue weighted by Crippen LogP contribution is -2.49. The largest absolute Gasteiger partial charge is 0.484 e. The van der Waals surface area contributed by atoms with Gasteiger partial charge in [0.1, 0.15) is 13.2 Å². The quantitative estimate of drug-likeness (QED) is 0.874. The van der Waals surface area contributed by atoms with Crippen LogP contribution in [0.15, 0.2) is 42.6 Å². The van der Waals surface area contributed by atoms with Crippen LogP contribution < -0.4 is 9.47 Å². The van der Waals surface area contributed by atoms with Crippen molar-refractivity contribution in [2.75, 3.05) is 39.4 Å². The topological polar surface area (TPSA) is 75.1 Å². The van der Waals surface area contributed by atoms with Crippen molar-refractivity contribution < 1.29 is 19.4 Å². The molecule has 7 nitrogen and oxygen atoms in total. The zero-order valence-electron chi connectivity index (χ0n) is 15.1. The van der Waals surface area contributed by atoms with Gasteiger partial charge >= 0.3 is 0 Å². The van der Waals surface area contributed by atoms with Crippen LogP contribution >= 0.6 is 0 Å². The molecule has 0 spiro atoms. The Morgan fingerprint density at radius 2 is 1.93 bits per heavy atom. The summed E-state index contributed by atoms with van der Waals surface area (Å²) in [4.78, 5) is 19.8. The lowest BCUT2D eigenvalue weighted by atomic mass is 10.1. The van der Waals surface area contributed by atoms with E-state index in [0.29, 0.717) is 31.3 Å². The Hall–Kier alpha value is -2.64. The second-order valence-corrected chi connectivity index (χ2v) is 6.78. The maximum Gasteiger partial charge on any atom is 0.257 e. The summed E-state index contributed by atoms with van der Waals surface area (Å²) in [6, 6.07) is 12.0. The molecule has 142 valence electrons. The van der Waals surface area contributed by atoms with Crippen LogP contribution in [0.25, 0.3) is 0 Å². The van der Waals surface area contributed by atoms with Gasteiger partial charge in [0.25, 0.3) is 5.88 Å². The molecule has 0 unspecified atom stereocenters. The van der Waals surface area contributed by atoms with E-state index in [1.807, 2.05) is 12.1 Å². The second kappa shape index (κ2) is 7.94. The molecule has 7 heteroatoms. The number of piperazine rings is 1. The van der Waals surface area contributed by atoms with Gasteiger partial charge < -0.3 is 19.5 Å². The number of nitrogens with zero attached hydrogens (tertiary/aromatic N) is 3. The summed E-state index contributed by atoms with van der Waals surface area (Å²) in [5.41, 5.74) is 2.28. The first kappa shape index (κ1) is 17.8. The minimum atomic E-state index is -0.408. The standard InChI is InChI=1S/C20H23N3O4/c24-13-19(25)23-10-8-22(9-11-23)12-15-3-5-16(6-4-15)18-14-26-17-2-1-7-21-20(17)27-18/h1-7,18,24H,8-14H2/t18-/m1/s1. The molecule has 1 saturated heterocycles. The van der Waals surface area contributed by atoms with Crippen LogP contribution in [0.4, 0.5) is 0 Å². The zero-order chi connectivity index (χ0) is 18.6. The van der Waals surface area contributed by atoms with Gasteiger partial charge in [-0.15, -0.1) is 0 Å². The number of carbonyl (C=O) groups excluding carboxylic acids is 1. The van der Waals surface area contributed by atoms with Crippen LogP contribution in [-0.2, 0) is 11.3 Å². The van der Waals surface area contributed by atoms with Crippen LogP contribution in [0, 0.1) is 0 Å². The highest BCUT2D eigenvalue weighted by atomic mass is 16.6. The van der Waals surface area contributed by atoms with Gasteiger partial charge in [-0.2, -0.15) is 0 Å². The minimum absolute atomic E-state index is 0.158. The Bertz CT molecular complexity index is 788. The average molecular weight is 369 g/mol. The van der Waals surface area contributed by atoms with Crippen molar-refractivity contribution >= 4 is 5.91 Å². The van der Waals surface area contributed by atoms with Crippen LogP contribution in [0.3, 0.4) is 0 Å². The molecule has 1 aromatic heterocycles. The number of aliphatic hydroxyl groups is 1. The Kier molecular flexibility index (Phi) is 5.22. The van der Waals surface area contributed by atoms with Gasteiger partial charge in [0.05, 0.1) is 0 Å². The third-order valence-corrected chi connectivity index (χ3v) is 5.00. The molecule has 4 rings (SSSR count). The van der Waals surface area contributed by atoms with Crippen molar-refractivity contribution in [1.29, 1.82) is 0 Å². The zero-order valence-corrected chi connectivity index (χ0v) is 15.1. The lowest BCUT2D eigenvalue weighted by molar-refractivity contribution is -0.135. The summed E-state index contributed by atoms with van der Waals surface area (Å²) in [5, 5.41) is 8.95. The first-order chi connectivity index (χ1) is 13.2. The highest BCUT2D eigenvalue weighted by molar-refractivity contribution is 5.77. The molecule has 1 atom stereocenters. The molecule has 1 amide bonds. The van der Waals surface area contributed by atoms with Gasteiger partial charge in [-0.05, 0) is 23.3 Å². The van der Waals surface area contributed by atoms with E-state index in [0.717, 1.165) is 25.2 Å². The van der Waals surface area contributed by atoms with Crippen LogP contribution in [0.2, 0.25) is 0 Å². The maximum absolute atomic E-state index is 11.5. The number of pyridine rings is 1. The second-order valence-electron chi connectivity index (χ2n) is 6.78. The van der Waals surface area contributed by atoms with Crippen molar-refractivity contribution in [2.45, 2.75) is 12.6 Å². The molecule has 0 bridgehead atoms. The van der Waals surface area contributed by atoms with Gasteiger partial charge in [-0.25, -0.2) is 4.98 Å². The van der Waals surface area contributed by atoms with Crippen LogP contribution in [-0.4, -0.2) is 65.2 Å². The molecular weight excluding hydrogens is 346 g/mol. The fourth-order valence-electron chi connectivity index (χ4n) is 3.42. The summed E-state index contributed by atoms with van der Waals surface area (Å²) >= 11 is 0. The Morgan fingerprint density at radius 1 is 1.15 bits per heavy atom. The summed E-state index contributed by atoms with van der Waals surface area (Å²) in [6.07, 6.45) is 1.54. The van der Waals surface area contributed by atoms with Crippen molar-refractivity contribution in [1.82, 2.24) is 14.8 Å². The van der Waals surface area contributed by atoms with Gasteiger partial charge in [0, 0.05) is 38.9 Å². The molecule has 0 aliphatic carbocycles. The van der Waals surface area contributed by atoms with Crippen LogP contribution in [0.1, 0.15) is 17.2 Å². The molecular formula is C20H23N3O4. The molecule has 3 heterocycles. The maximum atomic E-state index is 11.5. The number of fused-ring (bicyclic) bond motifs is 1. The number of ether oxygens (including phenoxy) is 2. The molecule has 2 aliphatic rings. The first-order valence-corrected chi connectivity index (χ1v) is 9.17. The number of rotatable bonds is 4. The molecule has 1 fully saturated rings. The number of benzene rings is 1. The third kappa shape index (κ3) is 4.04. The van der Waals surface area contributed by atoms with Crippen molar-refractivity contribution in [2.24, 2.45) is 0 Å². The number of amides is 1.